The van der Waals surface area contributed by atoms with Crippen LogP contribution in [0.1, 0.15) is 27.2 Å². The maximum Gasteiger partial charge on any atom is 0.471 e. The topological polar surface area (TPSA) is 108 Å². The number of alkyl carbamates (subject to hydrolysis) is 1. The lowest BCUT2D eigenvalue weighted by atomic mass is 10.1. The number of ether oxygens (including phenoxy) is 1. The van der Waals surface area contributed by atoms with Gasteiger partial charge in [-0.3, -0.25) is 4.79 Å². The van der Waals surface area contributed by atoms with Gasteiger partial charge in [-0.15, -0.1) is 6.58 Å². The van der Waals surface area contributed by atoms with Crippen molar-refractivity contribution in [2.45, 2.75) is 45.0 Å². The minimum Gasteiger partial charge on any atom is -0.480 e. The van der Waals surface area contributed by atoms with Gasteiger partial charge >= 0.3 is 24.1 Å². The third-order valence-corrected chi connectivity index (χ3v) is 3.83. The normalized spacial score (nSPS) is 12.5. The Morgan fingerprint density at radius 3 is 2.38 bits per heavy atom. The number of carboxylic acid groups (broad SMARTS) is 1. The molecular weight excluding hydrogens is 438 g/mol. The molecule has 1 rings (SSSR count). The Kier molecular flexibility index (Phi) is 9.04. The molecule has 178 valence electrons. The highest BCUT2D eigenvalue weighted by atomic mass is 19.4. The number of hydrogen-bond donors (Lipinski definition) is 3. The van der Waals surface area contributed by atoms with E-state index in [1.807, 2.05) is 0 Å². The minimum absolute atomic E-state index is 0.0887. The van der Waals surface area contributed by atoms with Gasteiger partial charge < -0.3 is 25.4 Å². The van der Waals surface area contributed by atoms with Crippen LogP contribution >= 0.6 is 0 Å². The number of nitrogens with zero attached hydrogens (tertiary/aromatic N) is 1. The van der Waals surface area contributed by atoms with Crippen LogP contribution in [0.2, 0.25) is 0 Å². The average Bonchev–Trinajstić information content (AvgIpc) is 2.62. The van der Waals surface area contributed by atoms with E-state index in [0.29, 0.717) is 0 Å². The number of benzene rings is 1. The molecule has 0 aromatic heterocycles. The predicted molar refractivity (Wildman–Crippen MR) is 109 cm³/mol. The van der Waals surface area contributed by atoms with E-state index >= 15 is 0 Å². The Hall–Kier alpha value is -3.31. The number of amides is 2. The first-order valence-electron chi connectivity index (χ1n) is 9.40. The Morgan fingerprint density at radius 1 is 1.25 bits per heavy atom. The largest absolute Gasteiger partial charge is 0.480 e. The number of anilines is 2. The molecule has 0 aliphatic carbocycles. The summed E-state index contributed by atoms with van der Waals surface area (Å²) in [6.45, 7) is 7.96. The SMILES string of the molecule is C=CCN(CC[C@H](NC(=O)OC(C)(C)C)C(=O)O)c1c(F)cccc1NC(=O)C(F)(F)F. The lowest BCUT2D eigenvalue weighted by Gasteiger charge is -2.28. The zero-order chi connectivity index (χ0) is 24.7. The second-order valence-corrected chi connectivity index (χ2v) is 7.65. The second-order valence-electron chi connectivity index (χ2n) is 7.65. The third-order valence-electron chi connectivity index (χ3n) is 3.83. The summed E-state index contributed by atoms with van der Waals surface area (Å²) in [7, 11) is 0. The van der Waals surface area contributed by atoms with Crippen molar-refractivity contribution < 1.29 is 41.8 Å². The highest BCUT2D eigenvalue weighted by Gasteiger charge is 2.39. The summed E-state index contributed by atoms with van der Waals surface area (Å²) >= 11 is 0. The molecule has 8 nitrogen and oxygen atoms in total. The van der Waals surface area contributed by atoms with Crippen molar-refractivity contribution in [1.82, 2.24) is 5.32 Å². The maximum atomic E-state index is 14.5. The molecule has 12 heteroatoms. The van der Waals surface area contributed by atoms with Crippen molar-refractivity contribution >= 4 is 29.3 Å². The van der Waals surface area contributed by atoms with E-state index < -0.39 is 47.3 Å². The minimum atomic E-state index is -5.20. The molecule has 0 bridgehead atoms. The molecule has 0 heterocycles. The third kappa shape index (κ3) is 8.44. The summed E-state index contributed by atoms with van der Waals surface area (Å²) in [4.78, 5) is 36.0. The number of aliphatic carboxylic acids is 1. The van der Waals surface area contributed by atoms with E-state index in [2.05, 4.69) is 11.9 Å². The van der Waals surface area contributed by atoms with E-state index in [9.17, 15) is 37.1 Å². The summed E-state index contributed by atoms with van der Waals surface area (Å²) in [6, 6.07) is 1.73. The Balaban J connectivity index is 3.10. The van der Waals surface area contributed by atoms with Crippen LogP contribution < -0.4 is 15.5 Å². The summed E-state index contributed by atoms with van der Waals surface area (Å²) in [6.07, 6.45) is -5.12. The molecule has 1 atom stereocenters. The number of halogens is 4. The molecule has 0 aliphatic rings. The van der Waals surface area contributed by atoms with Gasteiger partial charge in [-0.05, 0) is 39.3 Å². The number of para-hydroxylation sites is 1. The fourth-order valence-electron chi connectivity index (χ4n) is 2.57. The first-order valence-corrected chi connectivity index (χ1v) is 9.40. The van der Waals surface area contributed by atoms with Crippen LogP contribution in [0.25, 0.3) is 0 Å². The zero-order valence-electron chi connectivity index (χ0n) is 17.8. The van der Waals surface area contributed by atoms with E-state index in [0.717, 1.165) is 18.2 Å². The molecule has 0 aliphatic heterocycles. The molecule has 3 N–H and O–H groups in total. The van der Waals surface area contributed by atoms with Gasteiger partial charge in [0.2, 0.25) is 0 Å². The van der Waals surface area contributed by atoms with Crippen LogP contribution in [0, 0.1) is 5.82 Å². The van der Waals surface area contributed by atoms with Crippen LogP contribution in [0.15, 0.2) is 30.9 Å². The van der Waals surface area contributed by atoms with E-state index in [1.165, 1.54) is 11.0 Å². The fraction of sp³-hybridized carbons (Fsp3) is 0.450. The van der Waals surface area contributed by atoms with Gasteiger partial charge in [-0.1, -0.05) is 12.1 Å². The van der Waals surface area contributed by atoms with Crippen molar-refractivity contribution in [2.75, 3.05) is 23.3 Å². The van der Waals surface area contributed by atoms with E-state index in [4.69, 9.17) is 4.74 Å². The molecule has 1 aromatic carbocycles. The molecule has 0 radical (unpaired) electrons. The number of nitrogens with one attached hydrogen (secondary N) is 2. The Bertz CT molecular complexity index is 853. The lowest BCUT2D eigenvalue weighted by Crippen LogP contribution is -2.45. The van der Waals surface area contributed by atoms with Gasteiger partial charge in [-0.25, -0.2) is 14.0 Å². The fourth-order valence-corrected chi connectivity index (χ4v) is 2.57. The molecule has 32 heavy (non-hydrogen) atoms. The van der Waals surface area contributed by atoms with Crippen LogP contribution in [0.5, 0.6) is 0 Å². The van der Waals surface area contributed by atoms with Crippen LogP contribution in [0.4, 0.5) is 33.7 Å². The van der Waals surface area contributed by atoms with Gasteiger partial charge in [0, 0.05) is 13.1 Å². The maximum absolute atomic E-state index is 14.5. The summed E-state index contributed by atoms with van der Waals surface area (Å²) < 4.78 is 57.5. The quantitative estimate of drug-likeness (QED) is 0.381. The van der Waals surface area contributed by atoms with Crippen molar-refractivity contribution in [2.24, 2.45) is 0 Å². The summed E-state index contributed by atoms with van der Waals surface area (Å²) in [5, 5.41) is 13.2. The Labute approximate surface area is 182 Å². The van der Waals surface area contributed by atoms with E-state index in [1.54, 1.807) is 26.1 Å². The summed E-state index contributed by atoms with van der Waals surface area (Å²) in [5.74, 6) is -4.63. The number of carbonyl (C=O) groups is 3. The van der Waals surface area contributed by atoms with Gasteiger partial charge in [0.1, 0.15) is 17.5 Å². The average molecular weight is 463 g/mol. The van der Waals surface area contributed by atoms with Crippen LogP contribution in [-0.4, -0.2) is 54.0 Å². The highest BCUT2D eigenvalue weighted by molar-refractivity contribution is 5.98. The lowest BCUT2D eigenvalue weighted by molar-refractivity contribution is -0.167. The monoisotopic (exact) mass is 463 g/mol. The molecule has 0 saturated carbocycles. The van der Waals surface area contributed by atoms with Crippen molar-refractivity contribution in [3.05, 3.63) is 36.7 Å². The van der Waals surface area contributed by atoms with Gasteiger partial charge in [0.15, 0.2) is 0 Å². The second kappa shape index (κ2) is 10.8. The highest BCUT2D eigenvalue weighted by Crippen LogP contribution is 2.31. The van der Waals surface area contributed by atoms with Crippen molar-refractivity contribution in [3.63, 3.8) is 0 Å². The van der Waals surface area contributed by atoms with Crippen molar-refractivity contribution in [3.8, 4) is 0 Å². The van der Waals surface area contributed by atoms with Crippen molar-refractivity contribution in [1.29, 1.82) is 0 Å². The molecule has 0 saturated heterocycles. The molecular formula is C20H25F4N3O5. The van der Waals surface area contributed by atoms with E-state index in [-0.39, 0.29) is 25.2 Å². The smallest absolute Gasteiger partial charge is 0.471 e. The standard InChI is InChI=1S/C20H25F4N3O5/c1-5-10-27(11-9-14(16(28)29)26-18(31)32-19(2,3)4)15-12(21)7-6-8-13(15)25-17(30)20(22,23)24/h5-8,14H,1,9-11H2,2-4H3,(H,25,30)(H,26,31)(H,28,29)/t14-/m0/s1. The number of carbonyl (C=O) groups excluding carboxylic acids is 2. The van der Waals surface area contributed by atoms with Crippen LogP contribution in [-0.2, 0) is 14.3 Å². The molecule has 2 amide bonds. The molecule has 0 fully saturated rings. The van der Waals surface area contributed by atoms with Gasteiger partial charge in [0.25, 0.3) is 0 Å². The first-order chi connectivity index (χ1) is 14.7. The molecule has 0 spiro atoms. The Morgan fingerprint density at radius 2 is 1.88 bits per heavy atom. The molecule has 1 aromatic rings. The molecule has 0 unspecified atom stereocenters. The number of hydrogen-bond acceptors (Lipinski definition) is 5. The van der Waals surface area contributed by atoms with Crippen LogP contribution in [0.3, 0.4) is 0 Å². The first kappa shape index (κ1) is 26.7. The van der Waals surface area contributed by atoms with Gasteiger partial charge in [-0.2, -0.15) is 13.2 Å². The number of carboxylic acids is 1. The summed E-state index contributed by atoms with van der Waals surface area (Å²) in [5.41, 5.74) is -1.71. The predicted octanol–water partition coefficient (Wildman–Crippen LogP) is 3.69. The van der Waals surface area contributed by atoms with Gasteiger partial charge in [0.05, 0.1) is 11.4 Å². The number of alkyl halides is 3. The zero-order valence-corrected chi connectivity index (χ0v) is 17.8. The number of rotatable bonds is 9.